The van der Waals surface area contributed by atoms with Gasteiger partial charge in [0, 0.05) is 38.1 Å². The second kappa shape index (κ2) is 6.84. The topological polar surface area (TPSA) is 38.5 Å². The molecule has 0 aromatic rings. The Morgan fingerprint density at radius 3 is 2.81 bits per heavy atom. The average Bonchev–Trinajstić information content (AvgIpc) is 2.61. The van der Waals surface area contributed by atoms with Crippen molar-refractivity contribution in [1.82, 2.24) is 4.90 Å². The van der Waals surface area contributed by atoms with Gasteiger partial charge in [-0.25, -0.2) is 0 Å². The van der Waals surface area contributed by atoms with Crippen LogP contribution in [0, 0.1) is 5.92 Å². The zero-order valence-corrected chi connectivity index (χ0v) is 10.9. The number of nitrogens with zero attached hydrogens (tertiary/aromatic N) is 1. The third kappa shape index (κ3) is 3.36. The van der Waals surface area contributed by atoms with Gasteiger partial charge in [0.2, 0.25) is 0 Å². The predicted octanol–water partition coefficient (Wildman–Crippen LogP) is 1.18. The molecule has 1 unspecified atom stereocenters. The summed E-state index contributed by atoms with van der Waals surface area (Å²) in [6.45, 7) is 5.15. The molecule has 0 radical (unpaired) electrons. The highest BCUT2D eigenvalue weighted by Gasteiger charge is 2.28. The molecule has 16 heavy (non-hydrogen) atoms. The van der Waals surface area contributed by atoms with Crippen LogP contribution in [0.4, 0.5) is 0 Å². The first kappa shape index (κ1) is 12.7. The van der Waals surface area contributed by atoms with Gasteiger partial charge in [-0.05, 0) is 37.5 Å². The Bertz CT molecular complexity index is 189. The zero-order valence-electron chi connectivity index (χ0n) is 10.1. The maximum atomic E-state index is 6.00. The minimum Gasteiger partial charge on any atom is -0.381 e. The lowest BCUT2D eigenvalue weighted by molar-refractivity contribution is 0.0294. The number of rotatable bonds is 3. The van der Waals surface area contributed by atoms with Crippen LogP contribution in [-0.4, -0.2) is 55.3 Å². The van der Waals surface area contributed by atoms with Gasteiger partial charge in [-0.3, -0.25) is 4.90 Å². The van der Waals surface area contributed by atoms with Crippen molar-refractivity contribution in [2.75, 3.05) is 44.4 Å². The summed E-state index contributed by atoms with van der Waals surface area (Å²) in [5, 5.41) is 0. The van der Waals surface area contributed by atoms with E-state index in [9.17, 15) is 0 Å². The molecule has 3 nitrogen and oxygen atoms in total. The summed E-state index contributed by atoms with van der Waals surface area (Å²) in [7, 11) is 0. The number of nitrogens with two attached hydrogens (primary N) is 1. The minimum atomic E-state index is 0.600. The normalized spacial score (nSPS) is 27.6. The first-order valence-corrected chi connectivity index (χ1v) is 7.67. The van der Waals surface area contributed by atoms with E-state index in [1.165, 1.54) is 43.9 Å². The van der Waals surface area contributed by atoms with Crippen molar-refractivity contribution in [2.24, 2.45) is 11.7 Å². The van der Waals surface area contributed by atoms with E-state index in [0.29, 0.717) is 6.04 Å². The fourth-order valence-corrected chi connectivity index (χ4v) is 3.74. The molecule has 0 aromatic carbocycles. The van der Waals surface area contributed by atoms with Crippen LogP contribution in [0.15, 0.2) is 0 Å². The van der Waals surface area contributed by atoms with Crippen molar-refractivity contribution in [3.05, 3.63) is 0 Å². The first-order valence-electron chi connectivity index (χ1n) is 6.51. The van der Waals surface area contributed by atoms with Gasteiger partial charge in [0.05, 0.1) is 0 Å². The zero-order chi connectivity index (χ0) is 11.2. The van der Waals surface area contributed by atoms with Crippen LogP contribution >= 0.6 is 11.8 Å². The predicted molar refractivity (Wildman–Crippen MR) is 69.9 cm³/mol. The summed E-state index contributed by atoms with van der Waals surface area (Å²) in [6.07, 6.45) is 3.72. The molecule has 2 saturated heterocycles. The second-order valence-corrected chi connectivity index (χ2v) is 5.98. The Balaban J connectivity index is 1.90. The van der Waals surface area contributed by atoms with Gasteiger partial charge in [-0.2, -0.15) is 11.8 Å². The molecule has 2 rings (SSSR count). The molecule has 2 fully saturated rings. The molecular formula is C12H24N2OS. The Morgan fingerprint density at radius 1 is 1.25 bits per heavy atom. The van der Waals surface area contributed by atoms with Crippen LogP contribution in [0.1, 0.15) is 19.3 Å². The van der Waals surface area contributed by atoms with Gasteiger partial charge in [-0.15, -0.1) is 0 Å². The lowest BCUT2D eigenvalue weighted by Crippen LogP contribution is -2.48. The van der Waals surface area contributed by atoms with Crippen molar-refractivity contribution >= 4 is 11.8 Å². The molecule has 4 heteroatoms. The van der Waals surface area contributed by atoms with Crippen LogP contribution in [0.3, 0.4) is 0 Å². The van der Waals surface area contributed by atoms with E-state index in [4.69, 9.17) is 10.5 Å². The highest BCUT2D eigenvalue weighted by molar-refractivity contribution is 7.99. The van der Waals surface area contributed by atoms with Gasteiger partial charge in [0.1, 0.15) is 0 Å². The number of ether oxygens (including phenoxy) is 1. The Labute approximate surface area is 103 Å². The summed E-state index contributed by atoms with van der Waals surface area (Å²) in [4.78, 5) is 2.63. The molecule has 94 valence electrons. The van der Waals surface area contributed by atoms with Crippen LogP contribution < -0.4 is 5.73 Å². The van der Waals surface area contributed by atoms with E-state index in [1.54, 1.807) is 0 Å². The van der Waals surface area contributed by atoms with Gasteiger partial charge in [0.15, 0.2) is 0 Å². The van der Waals surface area contributed by atoms with Crippen LogP contribution in [-0.2, 0) is 4.74 Å². The van der Waals surface area contributed by atoms with E-state index in [1.807, 2.05) is 0 Å². The molecule has 0 bridgehead atoms. The largest absolute Gasteiger partial charge is 0.381 e. The Kier molecular flexibility index (Phi) is 5.42. The van der Waals surface area contributed by atoms with E-state index >= 15 is 0 Å². The molecule has 0 amide bonds. The molecule has 2 N–H and O–H groups in total. The molecular weight excluding hydrogens is 220 g/mol. The summed E-state index contributed by atoms with van der Waals surface area (Å²) in [6, 6.07) is 0.600. The molecule has 0 spiro atoms. The molecule has 2 heterocycles. The highest BCUT2D eigenvalue weighted by atomic mass is 32.2. The lowest BCUT2D eigenvalue weighted by Gasteiger charge is -2.37. The fraction of sp³-hybridized carbons (Fsp3) is 1.00. The van der Waals surface area contributed by atoms with Crippen LogP contribution in [0.2, 0.25) is 0 Å². The SMILES string of the molecule is NCC(C1CCOCC1)N1CCCSCC1. The average molecular weight is 244 g/mol. The third-order valence-corrected chi connectivity index (χ3v) is 4.83. The first-order chi connectivity index (χ1) is 7.92. The smallest absolute Gasteiger partial charge is 0.0469 e. The van der Waals surface area contributed by atoms with Crippen LogP contribution in [0.5, 0.6) is 0 Å². The number of hydrogen-bond acceptors (Lipinski definition) is 4. The Hall–Kier alpha value is 0.230. The minimum absolute atomic E-state index is 0.600. The van der Waals surface area contributed by atoms with E-state index in [2.05, 4.69) is 16.7 Å². The molecule has 1 atom stereocenters. The maximum Gasteiger partial charge on any atom is 0.0469 e. The van der Waals surface area contributed by atoms with Gasteiger partial charge >= 0.3 is 0 Å². The third-order valence-electron chi connectivity index (χ3n) is 3.78. The van der Waals surface area contributed by atoms with Crippen LogP contribution in [0.25, 0.3) is 0 Å². The van der Waals surface area contributed by atoms with E-state index in [-0.39, 0.29) is 0 Å². The Morgan fingerprint density at radius 2 is 2.06 bits per heavy atom. The molecule has 0 saturated carbocycles. The standard InChI is InChI=1S/C12H24N2OS/c13-10-12(11-2-6-15-7-3-11)14-4-1-8-16-9-5-14/h11-12H,1-10,13H2. The summed E-state index contributed by atoms with van der Waals surface area (Å²) >= 11 is 2.09. The fourth-order valence-electron chi connectivity index (χ4n) is 2.84. The van der Waals surface area contributed by atoms with Crippen molar-refractivity contribution in [3.63, 3.8) is 0 Å². The van der Waals surface area contributed by atoms with Crippen molar-refractivity contribution < 1.29 is 4.74 Å². The highest BCUT2D eigenvalue weighted by Crippen LogP contribution is 2.24. The van der Waals surface area contributed by atoms with Crippen molar-refractivity contribution in [3.8, 4) is 0 Å². The quantitative estimate of drug-likeness (QED) is 0.809. The van der Waals surface area contributed by atoms with Gasteiger partial charge in [-0.1, -0.05) is 0 Å². The van der Waals surface area contributed by atoms with E-state index in [0.717, 1.165) is 25.7 Å². The molecule has 2 aliphatic heterocycles. The number of hydrogen-bond donors (Lipinski definition) is 1. The lowest BCUT2D eigenvalue weighted by atomic mass is 9.90. The van der Waals surface area contributed by atoms with Crippen molar-refractivity contribution in [1.29, 1.82) is 0 Å². The van der Waals surface area contributed by atoms with Crippen molar-refractivity contribution in [2.45, 2.75) is 25.3 Å². The maximum absolute atomic E-state index is 6.00. The summed E-state index contributed by atoms with van der Waals surface area (Å²) in [5.41, 5.74) is 6.00. The van der Waals surface area contributed by atoms with Gasteiger partial charge in [0.25, 0.3) is 0 Å². The molecule has 2 aliphatic rings. The van der Waals surface area contributed by atoms with E-state index < -0.39 is 0 Å². The monoisotopic (exact) mass is 244 g/mol. The van der Waals surface area contributed by atoms with Gasteiger partial charge < -0.3 is 10.5 Å². The summed E-state index contributed by atoms with van der Waals surface area (Å²) < 4.78 is 5.44. The number of thioether (sulfide) groups is 1. The molecule has 0 aliphatic carbocycles. The second-order valence-electron chi connectivity index (χ2n) is 4.75. The summed E-state index contributed by atoms with van der Waals surface area (Å²) in [5.74, 6) is 3.36. The molecule has 0 aromatic heterocycles.